The fourth-order valence-electron chi connectivity index (χ4n) is 2.50. The number of amides is 2. The molecule has 1 aromatic heterocycles. The highest BCUT2D eigenvalue weighted by Gasteiger charge is 2.15. The van der Waals surface area contributed by atoms with Gasteiger partial charge in [-0.3, -0.25) is 0 Å². The number of rotatable bonds is 7. The molecule has 3 N–H and O–H groups in total. The molecular weight excluding hydrogens is 308 g/mol. The minimum absolute atomic E-state index is 0.103. The second-order valence-electron chi connectivity index (χ2n) is 5.77. The van der Waals surface area contributed by atoms with E-state index in [4.69, 9.17) is 0 Å². The van der Waals surface area contributed by atoms with Crippen molar-refractivity contribution in [3.05, 3.63) is 57.8 Å². The van der Waals surface area contributed by atoms with Crippen molar-refractivity contribution in [1.82, 2.24) is 10.6 Å². The SMILES string of the molecule is Cc1ccc(CNC(=O)NCC(CC(C)O)c2ccccc2)s1. The van der Waals surface area contributed by atoms with E-state index in [1.165, 1.54) is 4.88 Å². The van der Waals surface area contributed by atoms with Crippen LogP contribution in [0, 0.1) is 6.92 Å². The first kappa shape index (κ1) is 17.5. The van der Waals surface area contributed by atoms with Crippen molar-refractivity contribution in [3.8, 4) is 0 Å². The summed E-state index contributed by atoms with van der Waals surface area (Å²) < 4.78 is 0. The second kappa shape index (κ2) is 8.70. The molecule has 0 fully saturated rings. The summed E-state index contributed by atoms with van der Waals surface area (Å²) in [7, 11) is 0. The number of aryl methyl sites for hydroxylation is 1. The zero-order chi connectivity index (χ0) is 16.7. The molecule has 0 aliphatic carbocycles. The average molecular weight is 332 g/mol. The predicted molar refractivity (Wildman–Crippen MR) is 94.8 cm³/mol. The number of hydrogen-bond acceptors (Lipinski definition) is 3. The molecule has 0 saturated heterocycles. The van der Waals surface area contributed by atoms with Crippen molar-refractivity contribution in [1.29, 1.82) is 0 Å². The fourth-order valence-corrected chi connectivity index (χ4v) is 3.33. The van der Waals surface area contributed by atoms with Gasteiger partial charge in [-0.15, -0.1) is 11.3 Å². The fraction of sp³-hybridized carbons (Fsp3) is 0.389. The molecule has 2 rings (SSSR count). The molecule has 0 saturated carbocycles. The van der Waals surface area contributed by atoms with Crippen LogP contribution in [0.25, 0.3) is 0 Å². The maximum absolute atomic E-state index is 12.0. The van der Waals surface area contributed by atoms with Crippen LogP contribution in [0.4, 0.5) is 4.79 Å². The third-order valence-corrected chi connectivity index (χ3v) is 4.63. The predicted octanol–water partition coefficient (Wildman–Crippen LogP) is 3.41. The van der Waals surface area contributed by atoms with E-state index in [0.717, 1.165) is 10.4 Å². The molecule has 0 bridgehead atoms. The third-order valence-electron chi connectivity index (χ3n) is 3.62. The van der Waals surface area contributed by atoms with Gasteiger partial charge in [0.25, 0.3) is 0 Å². The number of thiophene rings is 1. The number of urea groups is 1. The first-order valence-electron chi connectivity index (χ1n) is 7.84. The average Bonchev–Trinajstić information content (AvgIpc) is 2.95. The van der Waals surface area contributed by atoms with Gasteiger partial charge in [-0.25, -0.2) is 4.79 Å². The van der Waals surface area contributed by atoms with E-state index in [-0.39, 0.29) is 11.9 Å². The molecule has 4 nitrogen and oxygen atoms in total. The maximum Gasteiger partial charge on any atom is 0.315 e. The Morgan fingerprint density at radius 3 is 2.52 bits per heavy atom. The van der Waals surface area contributed by atoms with Crippen molar-refractivity contribution in [2.45, 2.75) is 38.8 Å². The van der Waals surface area contributed by atoms with Crippen molar-refractivity contribution < 1.29 is 9.90 Å². The standard InChI is InChI=1S/C18H24N2O2S/c1-13(21)10-16(15-6-4-3-5-7-15)11-19-18(22)20-12-17-9-8-14(2)23-17/h3-9,13,16,21H,10-12H2,1-2H3,(H2,19,20,22). The monoisotopic (exact) mass is 332 g/mol. The summed E-state index contributed by atoms with van der Waals surface area (Å²) in [5.74, 6) is 0.103. The Kier molecular flexibility index (Phi) is 6.62. The summed E-state index contributed by atoms with van der Waals surface area (Å²) in [5.41, 5.74) is 1.13. The third kappa shape index (κ3) is 6.04. The molecule has 0 radical (unpaired) electrons. The molecule has 2 unspecified atom stereocenters. The van der Waals surface area contributed by atoms with Crippen molar-refractivity contribution in [3.63, 3.8) is 0 Å². The van der Waals surface area contributed by atoms with Gasteiger partial charge in [0.2, 0.25) is 0 Å². The van der Waals surface area contributed by atoms with Crippen LogP contribution in [0.1, 0.15) is 34.6 Å². The molecule has 124 valence electrons. The van der Waals surface area contributed by atoms with Crippen LogP contribution < -0.4 is 10.6 Å². The van der Waals surface area contributed by atoms with Gasteiger partial charge in [-0.05, 0) is 38.0 Å². The Hall–Kier alpha value is -1.85. The number of hydrogen-bond donors (Lipinski definition) is 3. The summed E-state index contributed by atoms with van der Waals surface area (Å²) in [4.78, 5) is 14.3. The van der Waals surface area contributed by atoms with Crippen LogP contribution in [-0.4, -0.2) is 23.8 Å². The quantitative estimate of drug-likeness (QED) is 0.727. The van der Waals surface area contributed by atoms with E-state index in [2.05, 4.69) is 17.6 Å². The molecule has 2 amide bonds. The zero-order valence-corrected chi connectivity index (χ0v) is 14.4. The molecule has 5 heteroatoms. The van der Waals surface area contributed by atoms with Gasteiger partial charge in [-0.1, -0.05) is 30.3 Å². The van der Waals surface area contributed by atoms with Gasteiger partial charge in [0.15, 0.2) is 0 Å². The van der Waals surface area contributed by atoms with E-state index < -0.39 is 6.10 Å². The lowest BCUT2D eigenvalue weighted by Gasteiger charge is -2.19. The molecule has 2 atom stereocenters. The Morgan fingerprint density at radius 2 is 1.91 bits per heavy atom. The van der Waals surface area contributed by atoms with E-state index in [0.29, 0.717) is 19.5 Å². The maximum atomic E-state index is 12.0. The first-order valence-corrected chi connectivity index (χ1v) is 8.66. The molecule has 1 aromatic carbocycles. The van der Waals surface area contributed by atoms with Crippen molar-refractivity contribution in [2.75, 3.05) is 6.54 Å². The lowest BCUT2D eigenvalue weighted by Crippen LogP contribution is -2.37. The van der Waals surface area contributed by atoms with Gasteiger partial charge in [0.05, 0.1) is 12.6 Å². The molecule has 0 aliphatic heterocycles. The van der Waals surface area contributed by atoms with Crippen molar-refractivity contribution >= 4 is 17.4 Å². The molecule has 2 aromatic rings. The van der Waals surface area contributed by atoms with Crippen LogP contribution >= 0.6 is 11.3 Å². The molecule has 23 heavy (non-hydrogen) atoms. The largest absolute Gasteiger partial charge is 0.393 e. The van der Waals surface area contributed by atoms with Crippen LogP contribution in [0.15, 0.2) is 42.5 Å². The lowest BCUT2D eigenvalue weighted by atomic mass is 9.93. The van der Waals surface area contributed by atoms with E-state index in [9.17, 15) is 9.90 Å². The van der Waals surface area contributed by atoms with Gasteiger partial charge in [0.1, 0.15) is 0 Å². The minimum atomic E-state index is -0.404. The van der Waals surface area contributed by atoms with E-state index >= 15 is 0 Å². The lowest BCUT2D eigenvalue weighted by molar-refractivity contribution is 0.173. The highest BCUT2D eigenvalue weighted by atomic mass is 32.1. The smallest absolute Gasteiger partial charge is 0.315 e. The topological polar surface area (TPSA) is 61.4 Å². The number of carbonyl (C=O) groups is 1. The van der Waals surface area contributed by atoms with Crippen LogP contribution in [-0.2, 0) is 6.54 Å². The summed E-state index contributed by atoms with van der Waals surface area (Å²) in [6, 6.07) is 13.9. The highest BCUT2D eigenvalue weighted by molar-refractivity contribution is 7.11. The van der Waals surface area contributed by atoms with E-state index in [1.807, 2.05) is 42.5 Å². The van der Waals surface area contributed by atoms with Crippen LogP contribution in [0.5, 0.6) is 0 Å². The Morgan fingerprint density at radius 1 is 1.17 bits per heavy atom. The summed E-state index contributed by atoms with van der Waals surface area (Å²) in [6.07, 6.45) is 0.216. The minimum Gasteiger partial charge on any atom is -0.393 e. The number of carbonyl (C=O) groups excluding carboxylic acids is 1. The first-order chi connectivity index (χ1) is 11.0. The molecular formula is C18H24N2O2S. The van der Waals surface area contributed by atoms with E-state index in [1.54, 1.807) is 18.3 Å². The molecule has 0 spiro atoms. The Balaban J connectivity index is 1.84. The summed E-state index contributed by atoms with van der Waals surface area (Å²) in [6.45, 7) is 4.87. The summed E-state index contributed by atoms with van der Waals surface area (Å²) >= 11 is 1.68. The number of benzene rings is 1. The van der Waals surface area contributed by atoms with Gasteiger partial charge in [-0.2, -0.15) is 0 Å². The molecule has 0 aliphatic rings. The number of aliphatic hydroxyl groups is 1. The number of nitrogens with one attached hydrogen (secondary N) is 2. The summed E-state index contributed by atoms with van der Waals surface area (Å²) in [5, 5.41) is 15.5. The van der Waals surface area contributed by atoms with Crippen LogP contribution in [0.2, 0.25) is 0 Å². The normalized spacial score (nSPS) is 13.3. The Labute approximate surface area is 141 Å². The van der Waals surface area contributed by atoms with Gasteiger partial charge >= 0.3 is 6.03 Å². The highest BCUT2D eigenvalue weighted by Crippen LogP contribution is 2.20. The zero-order valence-electron chi connectivity index (χ0n) is 13.6. The number of aliphatic hydroxyl groups excluding tert-OH is 1. The van der Waals surface area contributed by atoms with Gasteiger partial charge < -0.3 is 15.7 Å². The van der Waals surface area contributed by atoms with Crippen molar-refractivity contribution in [2.24, 2.45) is 0 Å². The Bertz CT molecular complexity index is 610. The second-order valence-corrected chi connectivity index (χ2v) is 7.14. The van der Waals surface area contributed by atoms with Gasteiger partial charge in [0, 0.05) is 22.2 Å². The van der Waals surface area contributed by atoms with Crippen LogP contribution in [0.3, 0.4) is 0 Å². The molecule has 1 heterocycles.